The van der Waals surface area contributed by atoms with Gasteiger partial charge in [-0.1, -0.05) is 36.7 Å². The molecule has 33 heavy (non-hydrogen) atoms. The Morgan fingerprint density at radius 2 is 1.94 bits per heavy atom. The van der Waals surface area contributed by atoms with Gasteiger partial charge in [0.05, 0.1) is 30.0 Å². The molecule has 1 saturated heterocycles. The fourth-order valence-corrected chi connectivity index (χ4v) is 6.46. The minimum atomic E-state index is -3.62. The number of aromatic nitrogens is 3. The Morgan fingerprint density at radius 1 is 1.21 bits per heavy atom. The molecule has 9 nitrogen and oxygen atoms in total. The van der Waals surface area contributed by atoms with Crippen molar-refractivity contribution in [1.82, 2.24) is 19.1 Å². The first-order chi connectivity index (χ1) is 15.9. The third-order valence-electron chi connectivity index (χ3n) is 5.74. The second-order valence-corrected chi connectivity index (χ2v) is 11.4. The third kappa shape index (κ3) is 5.59. The van der Waals surface area contributed by atoms with E-state index in [0.717, 1.165) is 25.7 Å². The molecule has 0 unspecified atom stereocenters. The number of ether oxygens (including phenoxy) is 2. The predicted octanol–water partition coefficient (Wildman–Crippen LogP) is 3.12. The summed E-state index contributed by atoms with van der Waals surface area (Å²) in [6.07, 6.45) is 4.07. The van der Waals surface area contributed by atoms with Crippen LogP contribution in [0.25, 0.3) is 11.4 Å². The van der Waals surface area contributed by atoms with Crippen LogP contribution in [0.2, 0.25) is 0 Å². The topological polar surface area (TPSA) is 104 Å². The SMILES string of the molecule is CC(C)OC(=O)CSc1nnc(-c2cccc(S(=O)(=O)N3CCOCC3)c2)n1C1CCCC1. The van der Waals surface area contributed by atoms with Gasteiger partial charge in [0.15, 0.2) is 11.0 Å². The largest absolute Gasteiger partial charge is 0.462 e. The van der Waals surface area contributed by atoms with Crippen molar-refractivity contribution in [3.05, 3.63) is 24.3 Å². The Balaban J connectivity index is 1.64. The number of hydrogen-bond acceptors (Lipinski definition) is 8. The van der Waals surface area contributed by atoms with E-state index in [0.29, 0.717) is 42.8 Å². The third-order valence-corrected chi connectivity index (χ3v) is 8.55. The zero-order valence-electron chi connectivity index (χ0n) is 19.0. The van der Waals surface area contributed by atoms with E-state index in [1.165, 1.54) is 16.1 Å². The molecule has 11 heteroatoms. The maximum atomic E-state index is 13.2. The molecule has 4 rings (SSSR count). The molecule has 1 aromatic heterocycles. The van der Waals surface area contributed by atoms with Crippen molar-refractivity contribution in [2.45, 2.75) is 61.7 Å². The molecular weight excluding hydrogens is 464 g/mol. The van der Waals surface area contributed by atoms with Gasteiger partial charge >= 0.3 is 5.97 Å². The zero-order chi connectivity index (χ0) is 23.4. The van der Waals surface area contributed by atoms with Crippen molar-refractivity contribution in [3.8, 4) is 11.4 Å². The number of nitrogens with zero attached hydrogens (tertiary/aromatic N) is 4. The van der Waals surface area contributed by atoms with Crippen molar-refractivity contribution >= 4 is 27.8 Å². The number of hydrogen-bond donors (Lipinski definition) is 0. The first kappa shape index (κ1) is 24.2. The van der Waals surface area contributed by atoms with E-state index in [9.17, 15) is 13.2 Å². The van der Waals surface area contributed by atoms with E-state index in [4.69, 9.17) is 9.47 Å². The van der Waals surface area contributed by atoms with Crippen LogP contribution >= 0.6 is 11.8 Å². The molecule has 0 atom stereocenters. The number of carbonyl (C=O) groups excluding carboxylic acids is 1. The van der Waals surface area contributed by atoms with Crippen LogP contribution in [0.15, 0.2) is 34.3 Å². The van der Waals surface area contributed by atoms with Gasteiger partial charge in [0, 0.05) is 24.7 Å². The summed E-state index contributed by atoms with van der Waals surface area (Å²) in [7, 11) is -3.62. The van der Waals surface area contributed by atoms with Gasteiger partial charge in [0.2, 0.25) is 10.0 Å². The highest BCUT2D eigenvalue weighted by Gasteiger charge is 2.29. The van der Waals surface area contributed by atoms with Gasteiger partial charge < -0.3 is 9.47 Å². The summed E-state index contributed by atoms with van der Waals surface area (Å²) in [6, 6.07) is 7.10. The van der Waals surface area contributed by atoms with Crippen LogP contribution in [0.5, 0.6) is 0 Å². The molecule has 2 fully saturated rings. The van der Waals surface area contributed by atoms with Gasteiger partial charge in [-0.2, -0.15) is 4.31 Å². The molecule has 1 aliphatic carbocycles. The Morgan fingerprint density at radius 3 is 2.64 bits per heavy atom. The monoisotopic (exact) mass is 494 g/mol. The van der Waals surface area contributed by atoms with Crippen LogP contribution in [0, 0.1) is 0 Å². The van der Waals surface area contributed by atoms with Gasteiger partial charge in [0.1, 0.15) is 0 Å². The van der Waals surface area contributed by atoms with Crippen molar-refractivity contribution in [1.29, 1.82) is 0 Å². The lowest BCUT2D eigenvalue weighted by molar-refractivity contribution is -0.144. The first-order valence-corrected chi connectivity index (χ1v) is 13.7. The molecule has 2 heterocycles. The van der Waals surface area contributed by atoms with Gasteiger partial charge in [-0.05, 0) is 38.8 Å². The number of sulfonamides is 1. The van der Waals surface area contributed by atoms with E-state index in [1.54, 1.807) is 18.2 Å². The second-order valence-electron chi connectivity index (χ2n) is 8.49. The summed E-state index contributed by atoms with van der Waals surface area (Å²) in [6.45, 7) is 5.12. The highest BCUT2D eigenvalue weighted by molar-refractivity contribution is 7.99. The number of morpholine rings is 1. The van der Waals surface area contributed by atoms with E-state index >= 15 is 0 Å². The molecule has 180 valence electrons. The predicted molar refractivity (Wildman–Crippen MR) is 124 cm³/mol. The summed E-state index contributed by atoms with van der Waals surface area (Å²) in [5.74, 6) is 0.478. The number of carbonyl (C=O) groups is 1. The number of thioether (sulfide) groups is 1. The second kappa shape index (κ2) is 10.5. The molecule has 0 N–H and O–H groups in total. The molecular formula is C22H30N4O5S2. The van der Waals surface area contributed by atoms with Crippen molar-refractivity contribution in [2.24, 2.45) is 0 Å². The first-order valence-electron chi connectivity index (χ1n) is 11.3. The van der Waals surface area contributed by atoms with Crippen LogP contribution in [0.3, 0.4) is 0 Å². The van der Waals surface area contributed by atoms with Gasteiger partial charge in [-0.25, -0.2) is 8.42 Å². The van der Waals surface area contributed by atoms with E-state index in [-0.39, 0.29) is 28.8 Å². The van der Waals surface area contributed by atoms with Crippen molar-refractivity contribution < 1.29 is 22.7 Å². The molecule has 0 amide bonds. The number of esters is 1. The van der Waals surface area contributed by atoms with Crippen LogP contribution in [0.4, 0.5) is 0 Å². The molecule has 0 bridgehead atoms. The number of rotatable bonds is 8. The smallest absolute Gasteiger partial charge is 0.316 e. The normalized spacial score (nSPS) is 18.2. The fourth-order valence-electron chi connectivity index (χ4n) is 4.22. The molecule has 1 saturated carbocycles. The average molecular weight is 495 g/mol. The summed E-state index contributed by atoms with van der Waals surface area (Å²) in [4.78, 5) is 12.3. The van der Waals surface area contributed by atoms with Crippen LogP contribution in [0.1, 0.15) is 45.6 Å². The molecule has 0 spiro atoms. The highest BCUT2D eigenvalue weighted by atomic mass is 32.2. The maximum absolute atomic E-state index is 13.2. The Labute approximate surface area is 198 Å². The van der Waals surface area contributed by atoms with E-state index in [1.807, 2.05) is 19.9 Å². The number of benzene rings is 1. The molecule has 1 aromatic carbocycles. The van der Waals surface area contributed by atoms with Crippen LogP contribution < -0.4 is 0 Å². The highest BCUT2D eigenvalue weighted by Crippen LogP contribution is 2.37. The molecule has 2 aliphatic rings. The van der Waals surface area contributed by atoms with Crippen LogP contribution in [-0.2, 0) is 24.3 Å². The fraction of sp³-hybridized carbons (Fsp3) is 0.591. The molecule has 0 radical (unpaired) electrons. The molecule has 1 aliphatic heterocycles. The van der Waals surface area contributed by atoms with Gasteiger partial charge in [-0.15, -0.1) is 10.2 Å². The van der Waals surface area contributed by atoms with Gasteiger partial charge in [0.25, 0.3) is 0 Å². The Bertz CT molecular complexity index is 1070. The lowest BCUT2D eigenvalue weighted by Crippen LogP contribution is -2.40. The summed E-state index contributed by atoms with van der Waals surface area (Å²) < 4.78 is 40.4. The van der Waals surface area contributed by atoms with Crippen molar-refractivity contribution in [2.75, 3.05) is 32.1 Å². The summed E-state index contributed by atoms with van der Waals surface area (Å²) in [5, 5.41) is 9.43. The standard InChI is InChI=1S/C22H30N4O5S2/c1-16(2)31-20(27)15-32-22-24-23-21(26(22)18-7-3-4-8-18)17-6-5-9-19(14-17)33(28,29)25-10-12-30-13-11-25/h5-6,9,14,16,18H,3-4,7-8,10-13,15H2,1-2H3. The average Bonchev–Trinajstić information content (AvgIpc) is 3.47. The molecule has 2 aromatic rings. The lowest BCUT2D eigenvalue weighted by atomic mass is 10.2. The van der Waals surface area contributed by atoms with Gasteiger partial charge in [-0.3, -0.25) is 9.36 Å². The minimum Gasteiger partial charge on any atom is -0.462 e. The quantitative estimate of drug-likeness (QED) is 0.407. The van der Waals surface area contributed by atoms with Crippen molar-refractivity contribution in [3.63, 3.8) is 0 Å². The summed E-state index contributed by atoms with van der Waals surface area (Å²) >= 11 is 1.31. The van der Waals surface area contributed by atoms with Crippen LogP contribution in [-0.4, -0.2) is 71.6 Å². The van der Waals surface area contributed by atoms with E-state index in [2.05, 4.69) is 14.8 Å². The Hall–Kier alpha value is -1.95. The maximum Gasteiger partial charge on any atom is 0.316 e. The zero-order valence-corrected chi connectivity index (χ0v) is 20.6. The lowest BCUT2D eigenvalue weighted by Gasteiger charge is -2.26. The minimum absolute atomic E-state index is 0.147. The van der Waals surface area contributed by atoms with E-state index < -0.39 is 10.0 Å². The Kier molecular flexibility index (Phi) is 7.72. The summed E-state index contributed by atoms with van der Waals surface area (Å²) in [5.41, 5.74) is 0.695.